The lowest BCUT2D eigenvalue weighted by Crippen LogP contribution is -2.19. The standard InChI is InChI=1S/C8H6F4INO2/c1-15-5-2-6(13)14-4(3-9)7(5)16-8(10,11)12/h2H,3H2,1H3. The van der Waals surface area contributed by atoms with Gasteiger partial charge < -0.3 is 9.47 Å². The molecule has 0 saturated carbocycles. The van der Waals surface area contributed by atoms with Gasteiger partial charge in [0.15, 0.2) is 11.5 Å². The first-order valence-electron chi connectivity index (χ1n) is 3.92. The molecule has 0 unspecified atom stereocenters. The molecule has 0 amide bonds. The van der Waals surface area contributed by atoms with Gasteiger partial charge in [0.1, 0.15) is 16.1 Å². The van der Waals surface area contributed by atoms with Crippen LogP contribution in [0.25, 0.3) is 0 Å². The third-order valence-corrected chi connectivity index (χ3v) is 2.09. The van der Waals surface area contributed by atoms with E-state index < -0.39 is 24.5 Å². The Morgan fingerprint density at radius 1 is 1.44 bits per heavy atom. The number of hydrogen-bond acceptors (Lipinski definition) is 3. The minimum Gasteiger partial charge on any atom is -0.493 e. The van der Waals surface area contributed by atoms with Crippen LogP contribution in [-0.2, 0) is 6.67 Å². The van der Waals surface area contributed by atoms with Crippen LogP contribution < -0.4 is 9.47 Å². The van der Waals surface area contributed by atoms with Gasteiger partial charge in [-0.05, 0) is 22.6 Å². The Morgan fingerprint density at radius 3 is 2.50 bits per heavy atom. The van der Waals surface area contributed by atoms with Gasteiger partial charge in [-0.3, -0.25) is 0 Å². The molecule has 0 aromatic carbocycles. The summed E-state index contributed by atoms with van der Waals surface area (Å²) in [5, 5.41) is 0. The number of ether oxygens (including phenoxy) is 2. The molecule has 8 heteroatoms. The highest BCUT2D eigenvalue weighted by atomic mass is 127. The lowest BCUT2D eigenvalue weighted by molar-refractivity contribution is -0.275. The molecule has 0 aliphatic heterocycles. The zero-order chi connectivity index (χ0) is 12.3. The highest BCUT2D eigenvalue weighted by Crippen LogP contribution is 2.35. The van der Waals surface area contributed by atoms with Gasteiger partial charge in [-0.1, -0.05) is 0 Å². The van der Waals surface area contributed by atoms with E-state index in [9.17, 15) is 17.6 Å². The molecule has 0 aliphatic rings. The molecule has 0 N–H and O–H groups in total. The SMILES string of the molecule is COc1cc(I)nc(CF)c1OC(F)(F)F. The summed E-state index contributed by atoms with van der Waals surface area (Å²) in [6.45, 7) is -1.17. The van der Waals surface area contributed by atoms with Crippen molar-refractivity contribution in [1.82, 2.24) is 4.98 Å². The molecule has 0 saturated heterocycles. The number of aromatic nitrogens is 1. The highest BCUT2D eigenvalue weighted by molar-refractivity contribution is 14.1. The molecule has 90 valence electrons. The van der Waals surface area contributed by atoms with Crippen LogP contribution in [0, 0.1) is 3.70 Å². The number of halogens is 5. The second kappa shape index (κ2) is 5.02. The molecule has 0 spiro atoms. The third kappa shape index (κ3) is 3.35. The summed E-state index contributed by atoms with van der Waals surface area (Å²) in [6, 6.07) is 1.22. The summed E-state index contributed by atoms with van der Waals surface area (Å²) < 4.78 is 57.3. The van der Waals surface area contributed by atoms with E-state index >= 15 is 0 Å². The number of hydrogen-bond donors (Lipinski definition) is 0. The minimum atomic E-state index is -4.91. The largest absolute Gasteiger partial charge is 0.573 e. The van der Waals surface area contributed by atoms with Crippen LogP contribution in [0.4, 0.5) is 17.6 Å². The van der Waals surface area contributed by atoms with Crippen molar-refractivity contribution in [2.75, 3.05) is 7.11 Å². The lowest BCUT2D eigenvalue weighted by atomic mass is 10.3. The first-order chi connectivity index (χ1) is 7.37. The summed E-state index contributed by atoms with van der Waals surface area (Å²) >= 11 is 1.74. The summed E-state index contributed by atoms with van der Waals surface area (Å²) in [5.41, 5.74) is -0.443. The van der Waals surface area contributed by atoms with E-state index in [1.165, 1.54) is 6.07 Å². The van der Waals surface area contributed by atoms with E-state index in [1.807, 2.05) is 0 Å². The van der Waals surface area contributed by atoms with Crippen molar-refractivity contribution in [2.45, 2.75) is 13.0 Å². The van der Waals surface area contributed by atoms with Gasteiger partial charge in [0.05, 0.1) is 7.11 Å². The van der Waals surface area contributed by atoms with Crippen molar-refractivity contribution in [2.24, 2.45) is 0 Å². The van der Waals surface area contributed by atoms with Crippen molar-refractivity contribution >= 4 is 22.6 Å². The Kier molecular flexibility index (Phi) is 4.16. The molecule has 1 aromatic rings. The predicted molar refractivity (Wildman–Crippen MR) is 55.0 cm³/mol. The number of rotatable bonds is 3. The Morgan fingerprint density at radius 2 is 2.06 bits per heavy atom. The number of nitrogens with zero attached hydrogens (tertiary/aromatic N) is 1. The quantitative estimate of drug-likeness (QED) is 0.477. The summed E-state index contributed by atoms with van der Waals surface area (Å²) in [5.74, 6) is -0.942. The van der Waals surface area contributed by atoms with Gasteiger partial charge in [0, 0.05) is 6.07 Å². The fourth-order valence-electron chi connectivity index (χ4n) is 0.995. The molecule has 1 rings (SSSR count). The van der Waals surface area contributed by atoms with E-state index in [-0.39, 0.29) is 5.75 Å². The van der Waals surface area contributed by atoms with Crippen molar-refractivity contribution in [3.8, 4) is 11.5 Å². The smallest absolute Gasteiger partial charge is 0.493 e. The normalized spacial score (nSPS) is 11.4. The van der Waals surface area contributed by atoms with Crippen LogP contribution in [0.2, 0.25) is 0 Å². The molecule has 1 heterocycles. The van der Waals surface area contributed by atoms with Gasteiger partial charge in [0.2, 0.25) is 0 Å². The van der Waals surface area contributed by atoms with Gasteiger partial charge >= 0.3 is 6.36 Å². The Labute approximate surface area is 102 Å². The monoisotopic (exact) mass is 351 g/mol. The van der Waals surface area contributed by atoms with E-state index in [2.05, 4.69) is 14.5 Å². The van der Waals surface area contributed by atoms with Crippen molar-refractivity contribution in [3.05, 3.63) is 15.5 Å². The second-order valence-corrected chi connectivity index (χ2v) is 3.71. The number of pyridine rings is 1. The first kappa shape index (κ1) is 13.3. The molecule has 16 heavy (non-hydrogen) atoms. The van der Waals surface area contributed by atoms with Crippen LogP contribution in [0.1, 0.15) is 5.69 Å². The van der Waals surface area contributed by atoms with Crippen LogP contribution >= 0.6 is 22.6 Å². The molecule has 3 nitrogen and oxygen atoms in total. The lowest BCUT2D eigenvalue weighted by Gasteiger charge is -2.14. The average Bonchev–Trinajstić information content (AvgIpc) is 2.18. The zero-order valence-corrected chi connectivity index (χ0v) is 10.1. The molecule has 0 radical (unpaired) electrons. The van der Waals surface area contributed by atoms with E-state index in [4.69, 9.17) is 0 Å². The molecular weight excluding hydrogens is 345 g/mol. The van der Waals surface area contributed by atoms with Crippen LogP contribution in [0.3, 0.4) is 0 Å². The maximum absolute atomic E-state index is 12.5. The Bertz CT molecular complexity index is 358. The van der Waals surface area contributed by atoms with Gasteiger partial charge in [-0.25, -0.2) is 9.37 Å². The molecule has 0 bridgehead atoms. The van der Waals surface area contributed by atoms with Crippen molar-refractivity contribution < 1.29 is 27.0 Å². The predicted octanol–water partition coefficient (Wildman–Crippen LogP) is 3.06. The Balaban J connectivity index is 3.22. The van der Waals surface area contributed by atoms with Crippen molar-refractivity contribution in [1.29, 1.82) is 0 Å². The summed E-state index contributed by atoms with van der Waals surface area (Å²) in [4.78, 5) is 3.59. The van der Waals surface area contributed by atoms with Crippen molar-refractivity contribution in [3.63, 3.8) is 0 Å². The maximum Gasteiger partial charge on any atom is 0.573 e. The second-order valence-electron chi connectivity index (χ2n) is 2.60. The van der Waals surface area contributed by atoms with Crippen LogP contribution in [0.15, 0.2) is 6.07 Å². The first-order valence-corrected chi connectivity index (χ1v) is 5.00. The minimum absolute atomic E-state index is 0.204. The average molecular weight is 351 g/mol. The highest BCUT2D eigenvalue weighted by Gasteiger charge is 2.34. The molecule has 0 fully saturated rings. The fourth-order valence-corrected chi connectivity index (χ4v) is 1.57. The van der Waals surface area contributed by atoms with E-state index in [0.717, 1.165) is 7.11 Å². The zero-order valence-electron chi connectivity index (χ0n) is 7.94. The fraction of sp³-hybridized carbons (Fsp3) is 0.375. The topological polar surface area (TPSA) is 31.4 Å². The molecule has 0 atom stereocenters. The summed E-state index contributed by atoms with van der Waals surface area (Å²) in [6.07, 6.45) is -4.91. The molecule has 1 aromatic heterocycles. The van der Waals surface area contributed by atoms with Gasteiger partial charge in [-0.2, -0.15) is 0 Å². The molecular formula is C8H6F4INO2. The van der Waals surface area contributed by atoms with E-state index in [0.29, 0.717) is 3.70 Å². The third-order valence-electron chi connectivity index (χ3n) is 1.54. The van der Waals surface area contributed by atoms with Crippen LogP contribution in [0.5, 0.6) is 11.5 Å². The number of alkyl halides is 4. The van der Waals surface area contributed by atoms with Gasteiger partial charge in [-0.15, -0.1) is 13.2 Å². The van der Waals surface area contributed by atoms with E-state index in [1.54, 1.807) is 22.6 Å². The molecule has 0 aliphatic carbocycles. The number of methoxy groups -OCH3 is 1. The summed E-state index contributed by atoms with van der Waals surface area (Å²) in [7, 11) is 1.16. The van der Waals surface area contributed by atoms with Crippen LogP contribution in [-0.4, -0.2) is 18.5 Å². The Hall–Kier alpha value is -0.800. The maximum atomic E-state index is 12.5. The van der Waals surface area contributed by atoms with Gasteiger partial charge in [0.25, 0.3) is 0 Å².